The van der Waals surface area contributed by atoms with Gasteiger partial charge in [0.05, 0.1) is 13.7 Å². The van der Waals surface area contributed by atoms with Gasteiger partial charge < -0.3 is 4.74 Å². The van der Waals surface area contributed by atoms with Crippen LogP contribution in [-0.4, -0.2) is 52.6 Å². The molecule has 0 unspecified atom stereocenters. The number of rotatable bonds is 6. The van der Waals surface area contributed by atoms with Crippen LogP contribution in [0.15, 0.2) is 30.6 Å². The van der Waals surface area contributed by atoms with Crippen LogP contribution >= 0.6 is 0 Å². The maximum atomic E-state index is 13.8. The summed E-state index contributed by atoms with van der Waals surface area (Å²) in [5.74, 6) is 0.251. The molecule has 0 atom stereocenters. The van der Waals surface area contributed by atoms with E-state index in [4.69, 9.17) is 4.74 Å². The maximum Gasteiger partial charge on any atom is 0.319 e. The third kappa shape index (κ3) is 4.32. The third-order valence-corrected chi connectivity index (χ3v) is 4.41. The second kappa shape index (κ2) is 7.88. The van der Waals surface area contributed by atoms with Crippen LogP contribution < -0.4 is 4.74 Å². The topological polar surface area (TPSA) is 33.5 Å². The van der Waals surface area contributed by atoms with Crippen LogP contribution in [0.1, 0.15) is 17.9 Å². The lowest BCUT2D eigenvalue weighted by atomic mass is 10.2. The van der Waals surface area contributed by atoms with Gasteiger partial charge >= 0.3 is 6.55 Å². The van der Waals surface area contributed by atoms with Crippen LogP contribution in [0.25, 0.3) is 0 Å². The van der Waals surface area contributed by atoms with Crippen molar-refractivity contribution < 1.29 is 17.9 Å². The van der Waals surface area contributed by atoms with E-state index in [0.29, 0.717) is 18.9 Å². The molecule has 1 aromatic heterocycles. The highest BCUT2D eigenvalue weighted by molar-refractivity contribution is 5.29. The molecule has 0 bridgehead atoms. The number of benzene rings is 1. The molecular weight excluding hydrogens is 333 g/mol. The number of hydrogen-bond acceptors (Lipinski definition) is 4. The summed E-state index contributed by atoms with van der Waals surface area (Å²) >= 11 is 0. The van der Waals surface area contributed by atoms with E-state index in [2.05, 4.69) is 14.8 Å². The molecule has 136 valence electrons. The Labute approximate surface area is 144 Å². The van der Waals surface area contributed by atoms with Crippen molar-refractivity contribution in [2.24, 2.45) is 0 Å². The van der Waals surface area contributed by atoms with Gasteiger partial charge in [0, 0.05) is 45.1 Å². The summed E-state index contributed by atoms with van der Waals surface area (Å²) in [4.78, 5) is 8.34. The number of imidazole rings is 1. The second-order valence-corrected chi connectivity index (χ2v) is 6.05. The SMILES string of the molecule is COc1ccc(CN2CCN(Cc3nccn3C(F)F)CC2)cc1F. The van der Waals surface area contributed by atoms with Crippen molar-refractivity contribution in [1.29, 1.82) is 0 Å². The average Bonchev–Trinajstić information content (AvgIpc) is 3.05. The second-order valence-electron chi connectivity index (χ2n) is 6.05. The first-order valence-corrected chi connectivity index (χ1v) is 8.14. The largest absolute Gasteiger partial charge is 0.494 e. The van der Waals surface area contributed by atoms with E-state index in [1.807, 2.05) is 6.07 Å². The molecule has 1 aromatic carbocycles. The molecule has 0 spiro atoms. The third-order valence-electron chi connectivity index (χ3n) is 4.41. The lowest BCUT2D eigenvalue weighted by Crippen LogP contribution is -2.45. The molecule has 0 amide bonds. The molecule has 5 nitrogen and oxygen atoms in total. The molecule has 25 heavy (non-hydrogen) atoms. The predicted octanol–water partition coefficient (Wildman–Crippen LogP) is 2.74. The van der Waals surface area contributed by atoms with Crippen LogP contribution in [0.5, 0.6) is 5.75 Å². The Kier molecular flexibility index (Phi) is 5.60. The highest BCUT2D eigenvalue weighted by atomic mass is 19.3. The summed E-state index contributed by atoms with van der Waals surface area (Å²) in [6.45, 7) is 1.60. The highest BCUT2D eigenvalue weighted by Gasteiger charge is 2.20. The fraction of sp³-hybridized carbons (Fsp3) is 0.471. The highest BCUT2D eigenvalue weighted by Crippen LogP contribution is 2.20. The van der Waals surface area contributed by atoms with Crippen LogP contribution in [-0.2, 0) is 13.1 Å². The van der Waals surface area contributed by atoms with Gasteiger partial charge in [-0.05, 0) is 17.7 Å². The van der Waals surface area contributed by atoms with Crippen molar-refractivity contribution >= 4 is 0 Å². The number of ether oxygens (including phenoxy) is 1. The fourth-order valence-electron chi connectivity index (χ4n) is 3.02. The zero-order valence-corrected chi connectivity index (χ0v) is 14.0. The summed E-state index contributed by atoms with van der Waals surface area (Å²) in [6, 6.07) is 4.98. The van der Waals surface area contributed by atoms with Gasteiger partial charge in [0.1, 0.15) is 5.82 Å². The lowest BCUT2D eigenvalue weighted by molar-refractivity contribution is 0.0603. The first-order valence-electron chi connectivity index (χ1n) is 8.14. The first kappa shape index (κ1) is 17.8. The van der Waals surface area contributed by atoms with Crippen molar-refractivity contribution in [1.82, 2.24) is 19.4 Å². The Balaban J connectivity index is 1.52. The van der Waals surface area contributed by atoms with Crippen molar-refractivity contribution in [2.45, 2.75) is 19.6 Å². The van der Waals surface area contributed by atoms with Gasteiger partial charge in [-0.25, -0.2) is 9.37 Å². The Morgan fingerprint density at radius 3 is 2.40 bits per heavy atom. The predicted molar refractivity (Wildman–Crippen MR) is 87.0 cm³/mol. The van der Waals surface area contributed by atoms with Gasteiger partial charge in [-0.15, -0.1) is 0 Å². The number of methoxy groups -OCH3 is 1. The number of hydrogen-bond donors (Lipinski definition) is 0. The van der Waals surface area contributed by atoms with E-state index in [9.17, 15) is 13.2 Å². The Hall–Kier alpha value is -2.06. The minimum atomic E-state index is -2.57. The molecule has 1 aliphatic heterocycles. The number of halogens is 3. The summed E-state index contributed by atoms with van der Waals surface area (Å²) in [6.07, 6.45) is 2.70. The number of nitrogens with zero attached hydrogens (tertiary/aromatic N) is 4. The molecule has 1 aliphatic rings. The van der Waals surface area contributed by atoms with Gasteiger partial charge in [-0.1, -0.05) is 6.07 Å². The van der Waals surface area contributed by atoms with E-state index >= 15 is 0 Å². The Morgan fingerprint density at radius 2 is 1.80 bits per heavy atom. The summed E-state index contributed by atoms with van der Waals surface area (Å²) in [5, 5.41) is 0. The van der Waals surface area contributed by atoms with Gasteiger partial charge in [0.15, 0.2) is 11.6 Å². The maximum absolute atomic E-state index is 13.8. The van der Waals surface area contributed by atoms with E-state index in [1.165, 1.54) is 25.6 Å². The van der Waals surface area contributed by atoms with Gasteiger partial charge in [0.25, 0.3) is 0 Å². The first-order chi connectivity index (χ1) is 12.1. The summed E-state index contributed by atoms with van der Waals surface area (Å²) in [5.41, 5.74) is 0.889. The normalized spacial score (nSPS) is 16.5. The smallest absolute Gasteiger partial charge is 0.319 e. The molecule has 0 saturated carbocycles. The van der Waals surface area contributed by atoms with Crippen LogP contribution in [0, 0.1) is 5.82 Å². The average molecular weight is 354 g/mol. The van der Waals surface area contributed by atoms with Crippen molar-refractivity contribution in [3.05, 3.63) is 47.8 Å². The standard InChI is InChI=1S/C17H21F3N4O/c1-25-15-3-2-13(10-14(15)18)11-22-6-8-23(9-7-22)12-16-21-4-5-24(16)17(19)20/h2-5,10,17H,6-9,11-12H2,1H3. The molecule has 0 N–H and O–H groups in total. The van der Waals surface area contributed by atoms with E-state index < -0.39 is 6.55 Å². The fourth-order valence-corrected chi connectivity index (χ4v) is 3.02. The van der Waals surface area contributed by atoms with Crippen molar-refractivity contribution in [3.8, 4) is 5.75 Å². The monoisotopic (exact) mass is 354 g/mol. The zero-order chi connectivity index (χ0) is 17.8. The molecule has 8 heteroatoms. The molecule has 1 fully saturated rings. The number of piperazine rings is 1. The summed E-state index contributed by atoms with van der Waals surface area (Å²) < 4.78 is 45.3. The van der Waals surface area contributed by atoms with Crippen LogP contribution in [0.2, 0.25) is 0 Å². The Bertz CT molecular complexity index is 699. The minimum absolute atomic E-state index is 0.239. The molecule has 0 radical (unpaired) electrons. The quantitative estimate of drug-likeness (QED) is 0.799. The molecule has 1 saturated heterocycles. The van der Waals surface area contributed by atoms with E-state index in [1.54, 1.807) is 6.07 Å². The number of aromatic nitrogens is 2. The van der Waals surface area contributed by atoms with Gasteiger partial charge in [-0.2, -0.15) is 8.78 Å². The van der Waals surface area contributed by atoms with E-state index in [-0.39, 0.29) is 11.6 Å². The molecule has 3 rings (SSSR count). The van der Waals surface area contributed by atoms with Crippen LogP contribution in [0.4, 0.5) is 13.2 Å². The van der Waals surface area contributed by atoms with Crippen molar-refractivity contribution in [2.75, 3.05) is 33.3 Å². The Morgan fingerprint density at radius 1 is 1.12 bits per heavy atom. The molecular formula is C17H21F3N4O. The number of alkyl halides is 2. The van der Waals surface area contributed by atoms with Crippen molar-refractivity contribution in [3.63, 3.8) is 0 Å². The molecule has 0 aliphatic carbocycles. The lowest BCUT2D eigenvalue weighted by Gasteiger charge is -2.34. The van der Waals surface area contributed by atoms with Crippen LogP contribution in [0.3, 0.4) is 0 Å². The van der Waals surface area contributed by atoms with Gasteiger partial charge in [-0.3, -0.25) is 14.4 Å². The molecule has 2 heterocycles. The molecule has 2 aromatic rings. The summed E-state index contributed by atoms with van der Waals surface area (Å²) in [7, 11) is 1.44. The van der Waals surface area contributed by atoms with Gasteiger partial charge in [0.2, 0.25) is 0 Å². The van der Waals surface area contributed by atoms with E-state index in [0.717, 1.165) is 36.3 Å². The zero-order valence-electron chi connectivity index (χ0n) is 14.0. The minimum Gasteiger partial charge on any atom is -0.494 e.